The first-order valence-corrected chi connectivity index (χ1v) is 5.71. The summed E-state index contributed by atoms with van der Waals surface area (Å²) >= 11 is 0. The van der Waals surface area contributed by atoms with Gasteiger partial charge >= 0.3 is 5.97 Å². The van der Waals surface area contributed by atoms with Crippen LogP contribution in [-0.2, 0) is 18.6 Å². The van der Waals surface area contributed by atoms with Crippen molar-refractivity contribution in [2.45, 2.75) is 6.42 Å². The van der Waals surface area contributed by atoms with E-state index in [1.54, 1.807) is 0 Å². The number of carboxylic acid groups (broad SMARTS) is 1. The van der Waals surface area contributed by atoms with Gasteiger partial charge in [-0.1, -0.05) is 0 Å². The van der Waals surface area contributed by atoms with Crippen LogP contribution in [0, 0.1) is 0 Å². The molecule has 0 aliphatic carbocycles. The van der Waals surface area contributed by atoms with E-state index in [1.807, 2.05) is 0 Å². The summed E-state index contributed by atoms with van der Waals surface area (Å²) in [6.07, 6.45) is 0.0661. The van der Waals surface area contributed by atoms with Crippen LogP contribution in [0.5, 0.6) is 0 Å². The van der Waals surface area contributed by atoms with Crippen molar-refractivity contribution in [2.75, 3.05) is 13.2 Å². The van der Waals surface area contributed by atoms with E-state index in [4.69, 9.17) is 20.5 Å². The van der Waals surface area contributed by atoms with Crippen molar-refractivity contribution in [3.63, 3.8) is 0 Å². The van der Waals surface area contributed by atoms with E-state index in [2.05, 4.69) is 0 Å². The number of halogens is 1. The SMILES string of the molecule is O=C(O)C1=C(S(=O)(=O)Cl)COCC1. The van der Waals surface area contributed by atoms with Gasteiger partial charge in [0.2, 0.25) is 0 Å². The Kier molecular flexibility index (Phi) is 2.94. The van der Waals surface area contributed by atoms with E-state index in [0.29, 0.717) is 0 Å². The van der Waals surface area contributed by atoms with Gasteiger partial charge in [0.25, 0.3) is 9.05 Å². The maximum atomic E-state index is 10.9. The smallest absolute Gasteiger partial charge is 0.332 e. The Morgan fingerprint density at radius 2 is 2.15 bits per heavy atom. The second-order valence-electron chi connectivity index (χ2n) is 2.45. The first-order valence-electron chi connectivity index (χ1n) is 3.40. The van der Waals surface area contributed by atoms with Gasteiger partial charge < -0.3 is 9.84 Å². The molecule has 7 heteroatoms. The second-order valence-corrected chi connectivity index (χ2v) is 5.03. The Hall–Kier alpha value is -0.590. The second kappa shape index (κ2) is 3.65. The van der Waals surface area contributed by atoms with Gasteiger partial charge in [-0.3, -0.25) is 0 Å². The molecule has 1 aliphatic heterocycles. The van der Waals surface area contributed by atoms with Crippen LogP contribution in [0.1, 0.15) is 6.42 Å². The van der Waals surface area contributed by atoms with Gasteiger partial charge in [-0.05, 0) is 0 Å². The average molecular weight is 227 g/mol. The van der Waals surface area contributed by atoms with Crippen molar-refractivity contribution in [3.05, 3.63) is 10.5 Å². The van der Waals surface area contributed by atoms with Crippen LogP contribution in [0.2, 0.25) is 0 Å². The molecule has 0 aromatic rings. The van der Waals surface area contributed by atoms with Crippen LogP contribution < -0.4 is 0 Å². The van der Waals surface area contributed by atoms with Crippen molar-refractivity contribution in [1.29, 1.82) is 0 Å². The molecule has 0 bridgehead atoms. The molecule has 0 spiro atoms. The molecule has 1 heterocycles. The van der Waals surface area contributed by atoms with Crippen LogP contribution in [0.3, 0.4) is 0 Å². The predicted molar refractivity (Wildman–Crippen MR) is 44.9 cm³/mol. The molecule has 0 aromatic heterocycles. The van der Waals surface area contributed by atoms with E-state index in [9.17, 15) is 13.2 Å². The minimum atomic E-state index is -3.97. The quantitative estimate of drug-likeness (QED) is 0.686. The number of ether oxygens (including phenoxy) is 1. The molecule has 13 heavy (non-hydrogen) atoms. The summed E-state index contributed by atoms with van der Waals surface area (Å²) in [5, 5.41) is 8.64. The molecule has 1 rings (SSSR count). The highest BCUT2D eigenvalue weighted by Gasteiger charge is 2.27. The monoisotopic (exact) mass is 226 g/mol. The van der Waals surface area contributed by atoms with E-state index in [1.165, 1.54) is 0 Å². The largest absolute Gasteiger partial charge is 0.478 e. The standard InChI is InChI=1S/C6H7ClO5S/c7-13(10,11)5-3-12-2-1-4(5)6(8)9/h1-3H2,(H,8,9). The summed E-state index contributed by atoms with van der Waals surface area (Å²) in [6.45, 7) is -0.0506. The van der Waals surface area contributed by atoms with Crippen LogP contribution >= 0.6 is 10.7 Å². The van der Waals surface area contributed by atoms with Crippen molar-refractivity contribution in [1.82, 2.24) is 0 Å². The number of carboxylic acids is 1. The third-order valence-electron chi connectivity index (χ3n) is 1.62. The fraction of sp³-hybridized carbons (Fsp3) is 0.500. The van der Waals surface area contributed by atoms with Crippen LogP contribution in [0.15, 0.2) is 10.5 Å². The van der Waals surface area contributed by atoms with Gasteiger partial charge in [-0.2, -0.15) is 0 Å². The third-order valence-corrected chi connectivity index (χ3v) is 3.13. The third kappa shape index (κ3) is 2.43. The molecule has 1 aliphatic rings. The zero-order valence-electron chi connectivity index (χ0n) is 6.49. The van der Waals surface area contributed by atoms with Gasteiger partial charge in [0.05, 0.1) is 23.7 Å². The zero-order valence-corrected chi connectivity index (χ0v) is 8.06. The number of rotatable bonds is 2. The molecule has 0 saturated carbocycles. The minimum Gasteiger partial charge on any atom is -0.478 e. The lowest BCUT2D eigenvalue weighted by molar-refractivity contribution is -0.133. The van der Waals surface area contributed by atoms with E-state index < -0.39 is 15.0 Å². The zero-order chi connectivity index (χ0) is 10.1. The Labute approximate surface area is 79.4 Å². The Balaban J connectivity index is 3.20. The van der Waals surface area contributed by atoms with E-state index in [-0.39, 0.29) is 30.1 Å². The van der Waals surface area contributed by atoms with Crippen molar-refractivity contribution in [3.8, 4) is 0 Å². The summed E-state index contributed by atoms with van der Waals surface area (Å²) in [5.74, 6) is -1.26. The van der Waals surface area contributed by atoms with Crippen LogP contribution in [0.25, 0.3) is 0 Å². The van der Waals surface area contributed by atoms with Crippen LogP contribution in [-0.4, -0.2) is 32.7 Å². The van der Waals surface area contributed by atoms with Crippen LogP contribution in [0.4, 0.5) is 0 Å². The topological polar surface area (TPSA) is 80.7 Å². The highest BCUT2D eigenvalue weighted by molar-refractivity contribution is 8.16. The van der Waals surface area contributed by atoms with Gasteiger partial charge in [-0.25, -0.2) is 13.2 Å². The van der Waals surface area contributed by atoms with Gasteiger partial charge in [0.1, 0.15) is 0 Å². The summed E-state index contributed by atoms with van der Waals surface area (Å²) in [7, 11) is 1.05. The highest BCUT2D eigenvalue weighted by Crippen LogP contribution is 2.23. The predicted octanol–water partition coefficient (Wildman–Crippen LogP) is 0.314. The highest BCUT2D eigenvalue weighted by atomic mass is 35.7. The molecule has 5 nitrogen and oxygen atoms in total. The van der Waals surface area contributed by atoms with Crippen molar-refractivity contribution in [2.24, 2.45) is 0 Å². The lowest BCUT2D eigenvalue weighted by atomic mass is 10.1. The normalized spacial score (nSPS) is 18.8. The van der Waals surface area contributed by atoms with E-state index in [0.717, 1.165) is 0 Å². The lowest BCUT2D eigenvalue weighted by Crippen LogP contribution is -2.19. The molecule has 0 radical (unpaired) electrons. The Morgan fingerprint density at radius 3 is 2.54 bits per heavy atom. The number of hydrogen-bond acceptors (Lipinski definition) is 4. The van der Waals surface area contributed by atoms with Crippen molar-refractivity contribution >= 4 is 25.7 Å². The summed E-state index contributed by atoms with van der Waals surface area (Å²) in [6, 6.07) is 0. The maximum absolute atomic E-state index is 10.9. The first-order chi connectivity index (χ1) is 5.93. The summed E-state index contributed by atoms with van der Waals surface area (Å²) < 4.78 is 26.5. The lowest BCUT2D eigenvalue weighted by Gasteiger charge is -2.15. The summed E-state index contributed by atoms with van der Waals surface area (Å²) in [4.78, 5) is 10.2. The average Bonchev–Trinajstić information content (AvgIpc) is 2.03. The Bertz CT molecular complexity index is 355. The number of carbonyl (C=O) groups is 1. The molecule has 0 unspecified atom stereocenters. The summed E-state index contributed by atoms with van der Waals surface area (Å²) in [5.41, 5.74) is -0.179. The number of hydrogen-bond donors (Lipinski definition) is 1. The molecule has 0 fully saturated rings. The number of aliphatic carboxylic acids is 1. The Morgan fingerprint density at radius 1 is 1.54 bits per heavy atom. The molecule has 0 amide bonds. The molecule has 1 N–H and O–H groups in total. The van der Waals surface area contributed by atoms with Gasteiger partial charge in [0, 0.05) is 17.1 Å². The molecular formula is C6H7ClO5S. The molecular weight excluding hydrogens is 220 g/mol. The van der Waals surface area contributed by atoms with E-state index >= 15 is 0 Å². The maximum Gasteiger partial charge on any atom is 0.332 e. The molecule has 0 atom stereocenters. The first kappa shape index (κ1) is 10.5. The fourth-order valence-corrected chi connectivity index (χ4v) is 2.13. The van der Waals surface area contributed by atoms with Crippen molar-refractivity contribution < 1.29 is 23.1 Å². The minimum absolute atomic E-state index is 0.0661. The molecule has 0 saturated heterocycles. The molecule has 0 aromatic carbocycles. The van der Waals surface area contributed by atoms with Gasteiger partial charge in [0.15, 0.2) is 0 Å². The van der Waals surface area contributed by atoms with Gasteiger partial charge in [-0.15, -0.1) is 0 Å². The fourth-order valence-electron chi connectivity index (χ4n) is 1.01. The molecule has 74 valence electrons.